The van der Waals surface area contributed by atoms with Crippen molar-refractivity contribution in [2.75, 3.05) is 26.7 Å². The Morgan fingerprint density at radius 2 is 1.89 bits per heavy atom. The molecule has 2 heterocycles. The summed E-state index contributed by atoms with van der Waals surface area (Å²) in [5, 5.41) is 3.59. The topological polar surface area (TPSA) is 45.5 Å². The molecule has 2 atom stereocenters. The third-order valence-electron chi connectivity index (χ3n) is 6.17. The number of likely N-dealkylation sites (tertiary alicyclic amines) is 1. The van der Waals surface area contributed by atoms with Gasteiger partial charge >= 0.3 is 0 Å². The number of aliphatic imine (C=N–C) groups is 1. The lowest BCUT2D eigenvalue weighted by atomic mass is 9.82. The lowest BCUT2D eigenvalue weighted by Crippen LogP contribution is -2.40. The van der Waals surface area contributed by atoms with Crippen molar-refractivity contribution in [2.45, 2.75) is 45.6 Å². The van der Waals surface area contributed by atoms with Gasteiger partial charge in [0.15, 0.2) is 5.96 Å². The van der Waals surface area contributed by atoms with E-state index in [0.29, 0.717) is 0 Å². The van der Waals surface area contributed by atoms with E-state index in [1.165, 1.54) is 44.3 Å². The van der Waals surface area contributed by atoms with E-state index in [0.717, 1.165) is 48.6 Å². The normalized spacial score (nSPS) is 22.6. The van der Waals surface area contributed by atoms with Crippen molar-refractivity contribution in [1.29, 1.82) is 0 Å². The first kappa shape index (κ1) is 20.4. The van der Waals surface area contributed by atoms with Gasteiger partial charge in [-0.05, 0) is 50.2 Å². The van der Waals surface area contributed by atoms with Crippen LogP contribution in [0.1, 0.15) is 37.9 Å². The van der Waals surface area contributed by atoms with Gasteiger partial charge in [0.2, 0.25) is 0 Å². The average Bonchev–Trinajstić information content (AvgIpc) is 3.22. The highest BCUT2D eigenvalue weighted by Crippen LogP contribution is 2.35. The molecule has 1 saturated heterocycles. The Kier molecular flexibility index (Phi) is 7.00. The minimum Gasteiger partial charge on any atom is -0.356 e. The average molecular weight is 481 g/mol. The molecular weight excluding hydrogens is 449 g/mol. The zero-order chi connectivity index (χ0) is 17.9. The monoisotopic (exact) mass is 481 g/mol. The lowest BCUT2D eigenvalue weighted by Gasteiger charge is -2.22. The summed E-state index contributed by atoms with van der Waals surface area (Å²) in [6.45, 7) is 6.41. The molecule has 5 nitrogen and oxygen atoms in total. The Labute approximate surface area is 179 Å². The first-order valence-corrected chi connectivity index (χ1v) is 10.1. The summed E-state index contributed by atoms with van der Waals surface area (Å²) < 4.78 is 2.32. The van der Waals surface area contributed by atoms with Gasteiger partial charge in [-0.25, -0.2) is 4.98 Å². The molecule has 4 rings (SSSR count). The maximum absolute atomic E-state index is 4.66. The number of aryl methyl sites for hydroxylation is 2. The maximum Gasteiger partial charge on any atom is 0.193 e. The SMILES string of the molecule is CN=C(NCCCn1c(C)nc2ccccc21)N1CC2CCCCC2C1.I. The molecular formula is C21H32IN5. The van der Waals surface area contributed by atoms with Crippen LogP contribution in [0.15, 0.2) is 29.3 Å². The molecule has 0 bridgehead atoms. The van der Waals surface area contributed by atoms with E-state index in [9.17, 15) is 0 Å². The first-order valence-electron chi connectivity index (χ1n) is 10.1. The Balaban J connectivity index is 0.00000210. The van der Waals surface area contributed by atoms with Crippen LogP contribution in [0.2, 0.25) is 0 Å². The van der Waals surface area contributed by atoms with Crippen LogP contribution in [-0.4, -0.2) is 47.1 Å². The number of nitrogens with zero attached hydrogens (tertiary/aromatic N) is 4. The Hall–Kier alpha value is -1.31. The molecule has 1 aromatic carbocycles. The number of fused-ring (bicyclic) bond motifs is 2. The number of rotatable bonds is 4. The lowest BCUT2D eigenvalue weighted by molar-refractivity contribution is 0.299. The summed E-state index contributed by atoms with van der Waals surface area (Å²) >= 11 is 0. The number of halogens is 1. The molecule has 2 unspecified atom stereocenters. The molecule has 1 aliphatic carbocycles. The van der Waals surface area contributed by atoms with E-state index >= 15 is 0 Å². The third-order valence-corrected chi connectivity index (χ3v) is 6.17. The molecule has 2 aromatic rings. The minimum absolute atomic E-state index is 0. The summed E-state index contributed by atoms with van der Waals surface area (Å²) in [7, 11) is 1.91. The highest BCUT2D eigenvalue weighted by atomic mass is 127. The molecule has 1 aromatic heterocycles. The van der Waals surface area contributed by atoms with Crippen LogP contribution in [-0.2, 0) is 6.54 Å². The largest absolute Gasteiger partial charge is 0.356 e. The highest BCUT2D eigenvalue weighted by Gasteiger charge is 2.35. The standard InChI is InChI=1S/C21H31N5.HI/c1-16-24-19-10-5-6-11-20(19)26(16)13-7-12-23-21(22-2)25-14-17-8-3-4-9-18(17)15-25;/h5-6,10-11,17-18H,3-4,7-9,12-15H2,1-2H3,(H,22,23);1H. The van der Waals surface area contributed by atoms with Gasteiger partial charge in [0.05, 0.1) is 11.0 Å². The smallest absolute Gasteiger partial charge is 0.193 e. The number of para-hydroxylation sites is 2. The van der Waals surface area contributed by atoms with E-state index in [2.05, 4.69) is 55.9 Å². The van der Waals surface area contributed by atoms with Gasteiger partial charge in [0.25, 0.3) is 0 Å². The molecule has 6 heteroatoms. The summed E-state index contributed by atoms with van der Waals surface area (Å²) in [4.78, 5) is 11.7. The van der Waals surface area contributed by atoms with Crippen molar-refractivity contribution in [3.8, 4) is 0 Å². The second-order valence-electron chi connectivity index (χ2n) is 7.84. The van der Waals surface area contributed by atoms with E-state index < -0.39 is 0 Å². The van der Waals surface area contributed by atoms with Crippen LogP contribution in [0.4, 0.5) is 0 Å². The van der Waals surface area contributed by atoms with Gasteiger partial charge in [-0.2, -0.15) is 0 Å². The predicted octanol–water partition coefficient (Wildman–Crippen LogP) is 4.05. The molecule has 0 amide bonds. The first-order chi connectivity index (χ1) is 12.8. The van der Waals surface area contributed by atoms with Crippen LogP contribution < -0.4 is 5.32 Å². The van der Waals surface area contributed by atoms with Gasteiger partial charge in [0, 0.05) is 33.2 Å². The molecule has 27 heavy (non-hydrogen) atoms. The van der Waals surface area contributed by atoms with Crippen molar-refractivity contribution < 1.29 is 0 Å². The summed E-state index contributed by atoms with van der Waals surface area (Å²) in [6.07, 6.45) is 6.72. The van der Waals surface area contributed by atoms with E-state index in [-0.39, 0.29) is 24.0 Å². The second kappa shape index (κ2) is 9.26. The number of aromatic nitrogens is 2. The van der Waals surface area contributed by atoms with Crippen LogP contribution in [0.3, 0.4) is 0 Å². The van der Waals surface area contributed by atoms with Crippen molar-refractivity contribution in [3.05, 3.63) is 30.1 Å². The van der Waals surface area contributed by atoms with E-state index in [1.54, 1.807) is 0 Å². The van der Waals surface area contributed by atoms with E-state index in [1.807, 2.05) is 7.05 Å². The van der Waals surface area contributed by atoms with Gasteiger partial charge in [-0.3, -0.25) is 4.99 Å². The van der Waals surface area contributed by atoms with Crippen molar-refractivity contribution >= 4 is 41.0 Å². The minimum atomic E-state index is 0. The van der Waals surface area contributed by atoms with E-state index in [4.69, 9.17) is 0 Å². The fraction of sp³-hybridized carbons (Fsp3) is 0.619. The molecule has 0 radical (unpaired) electrons. The number of benzene rings is 1. The van der Waals surface area contributed by atoms with Gasteiger partial charge in [-0.15, -0.1) is 24.0 Å². The van der Waals surface area contributed by atoms with Crippen LogP contribution >= 0.6 is 24.0 Å². The molecule has 1 saturated carbocycles. The number of hydrogen-bond acceptors (Lipinski definition) is 2. The predicted molar refractivity (Wildman–Crippen MR) is 123 cm³/mol. The number of guanidine groups is 1. The Bertz CT molecular complexity index is 770. The van der Waals surface area contributed by atoms with Crippen molar-refractivity contribution in [1.82, 2.24) is 19.8 Å². The number of imidazole rings is 1. The molecule has 2 aliphatic rings. The Morgan fingerprint density at radius 1 is 1.19 bits per heavy atom. The summed E-state index contributed by atoms with van der Waals surface area (Å²) in [6, 6.07) is 8.39. The van der Waals surface area contributed by atoms with Crippen LogP contribution in [0, 0.1) is 18.8 Å². The highest BCUT2D eigenvalue weighted by molar-refractivity contribution is 14.0. The molecule has 1 N–H and O–H groups in total. The van der Waals surface area contributed by atoms with Crippen LogP contribution in [0.25, 0.3) is 11.0 Å². The van der Waals surface area contributed by atoms with Gasteiger partial charge in [0.1, 0.15) is 5.82 Å². The number of hydrogen-bond donors (Lipinski definition) is 1. The van der Waals surface area contributed by atoms with Gasteiger partial charge < -0.3 is 14.8 Å². The second-order valence-corrected chi connectivity index (χ2v) is 7.84. The molecule has 1 aliphatic heterocycles. The molecule has 148 valence electrons. The fourth-order valence-electron chi connectivity index (χ4n) is 4.83. The molecule has 0 spiro atoms. The van der Waals surface area contributed by atoms with Gasteiger partial charge in [-0.1, -0.05) is 25.0 Å². The van der Waals surface area contributed by atoms with Crippen molar-refractivity contribution in [3.63, 3.8) is 0 Å². The van der Waals surface area contributed by atoms with Crippen LogP contribution in [0.5, 0.6) is 0 Å². The van der Waals surface area contributed by atoms with Crippen molar-refractivity contribution in [2.24, 2.45) is 16.8 Å². The maximum atomic E-state index is 4.66. The quantitative estimate of drug-likeness (QED) is 0.310. The summed E-state index contributed by atoms with van der Waals surface area (Å²) in [5.41, 5.74) is 2.33. The molecule has 2 fully saturated rings. The third kappa shape index (κ3) is 4.41. The zero-order valence-electron chi connectivity index (χ0n) is 16.5. The fourth-order valence-corrected chi connectivity index (χ4v) is 4.83. The number of nitrogens with one attached hydrogen (secondary N) is 1. The zero-order valence-corrected chi connectivity index (χ0v) is 18.9. The summed E-state index contributed by atoms with van der Waals surface area (Å²) in [5.74, 6) is 3.97. The Morgan fingerprint density at radius 3 is 2.59 bits per heavy atom.